The number of rotatable bonds is 3. The highest BCUT2D eigenvalue weighted by Crippen LogP contribution is 2.25. The molecule has 0 aliphatic carbocycles. The minimum atomic E-state index is -5.93. The Morgan fingerprint density at radius 3 is 2.05 bits per heavy atom. The molecule has 0 N–H and O–H groups in total. The maximum atomic E-state index is 12.0. The molecule has 1 aromatic carbocycles. The van der Waals surface area contributed by atoms with Crippen LogP contribution < -0.4 is 5.11 Å². The molecule has 1 aromatic rings. The van der Waals surface area contributed by atoms with E-state index in [0.717, 1.165) is 24.3 Å². The van der Waals surface area contributed by atoms with Crippen molar-refractivity contribution in [2.75, 3.05) is 0 Å². The van der Waals surface area contributed by atoms with Crippen LogP contribution in [0.4, 0.5) is 18.9 Å². The Bertz CT molecular complexity index is 621. The van der Waals surface area contributed by atoms with Crippen LogP contribution >= 0.6 is 0 Å². The first kappa shape index (κ1) is 14.9. The first-order chi connectivity index (χ1) is 8.54. The lowest BCUT2D eigenvalue weighted by atomic mass is 10.2. The van der Waals surface area contributed by atoms with Gasteiger partial charge in [0, 0.05) is 18.0 Å². The molecule has 104 valence electrons. The molecule has 0 atom stereocenters. The van der Waals surface area contributed by atoms with Gasteiger partial charge >= 0.3 is 15.5 Å². The Morgan fingerprint density at radius 1 is 1.21 bits per heavy atom. The summed E-state index contributed by atoms with van der Waals surface area (Å²) in [4.78, 5) is 9.50. The molecule has 1 rings (SSSR count). The minimum Gasteiger partial charge on any atom is -0.858 e. The number of alkyl halides is 3. The molecule has 11 heteroatoms. The fraction of sp³-hybridized carbons (Fsp3) is 0.125. The molecular formula is C8H4F3N2O5S-. The molecule has 0 spiro atoms. The summed E-state index contributed by atoms with van der Waals surface area (Å²) in [6.45, 7) is 0. The van der Waals surface area contributed by atoms with Crippen LogP contribution in [0.5, 0.6) is 0 Å². The van der Waals surface area contributed by atoms with Crippen molar-refractivity contribution < 1.29 is 31.6 Å². The molecular weight excluding hydrogens is 293 g/mol. The molecule has 0 aliphatic rings. The Labute approximate surface area is 104 Å². The summed E-state index contributed by atoms with van der Waals surface area (Å²) in [5.74, 6) is -1.66. The van der Waals surface area contributed by atoms with Crippen molar-refractivity contribution >= 4 is 21.6 Å². The SMILES string of the molecule is O=[N+]([O-])c1ccc(/C([O-])=N/S(=O)(=O)C(F)(F)F)cc1. The van der Waals surface area contributed by atoms with E-state index in [1.807, 2.05) is 0 Å². The molecule has 19 heavy (non-hydrogen) atoms. The van der Waals surface area contributed by atoms with Gasteiger partial charge in [0.2, 0.25) is 0 Å². The largest absolute Gasteiger partial charge is 0.858 e. The van der Waals surface area contributed by atoms with E-state index in [9.17, 15) is 36.8 Å². The van der Waals surface area contributed by atoms with E-state index in [4.69, 9.17) is 0 Å². The van der Waals surface area contributed by atoms with Crippen LogP contribution in [0.2, 0.25) is 0 Å². The van der Waals surface area contributed by atoms with E-state index in [0.29, 0.717) is 0 Å². The number of hydrogen-bond donors (Lipinski definition) is 0. The number of sulfonamides is 1. The van der Waals surface area contributed by atoms with E-state index in [1.54, 1.807) is 0 Å². The zero-order chi connectivity index (χ0) is 14.8. The smallest absolute Gasteiger partial charge is 0.518 e. The number of halogens is 3. The first-order valence-corrected chi connectivity index (χ1v) is 5.81. The summed E-state index contributed by atoms with van der Waals surface area (Å²) < 4.78 is 59.1. The average molecular weight is 297 g/mol. The van der Waals surface area contributed by atoms with E-state index in [-0.39, 0.29) is 0 Å². The third-order valence-electron chi connectivity index (χ3n) is 1.82. The van der Waals surface area contributed by atoms with Crippen molar-refractivity contribution in [2.24, 2.45) is 4.40 Å². The quantitative estimate of drug-likeness (QED) is 0.350. The van der Waals surface area contributed by atoms with Gasteiger partial charge in [-0.05, 0) is 17.7 Å². The summed E-state index contributed by atoms with van der Waals surface area (Å²) >= 11 is 0. The predicted molar refractivity (Wildman–Crippen MR) is 54.6 cm³/mol. The third-order valence-corrected chi connectivity index (χ3v) is 2.81. The fourth-order valence-electron chi connectivity index (χ4n) is 0.939. The van der Waals surface area contributed by atoms with Crippen LogP contribution in [0.3, 0.4) is 0 Å². The van der Waals surface area contributed by atoms with Crippen molar-refractivity contribution in [3.63, 3.8) is 0 Å². The Hall–Kier alpha value is -2.17. The van der Waals surface area contributed by atoms with Gasteiger partial charge in [0.1, 0.15) is 0 Å². The van der Waals surface area contributed by atoms with Crippen molar-refractivity contribution in [2.45, 2.75) is 5.51 Å². The highest BCUT2D eigenvalue weighted by Gasteiger charge is 2.45. The van der Waals surface area contributed by atoms with Crippen molar-refractivity contribution in [1.82, 2.24) is 0 Å². The van der Waals surface area contributed by atoms with Gasteiger partial charge < -0.3 is 5.11 Å². The fourth-order valence-corrected chi connectivity index (χ4v) is 1.37. The molecule has 0 unspecified atom stereocenters. The maximum Gasteiger partial charge on any atom is 0.518 e. The molecule has 0 aliphatic heterocycles. The molecule has 0 bridgehead atoms. The van der Waals surface area contributed by atoms with Gasteiger partial charge in [-0.2, -0.15) is 26.0 Å². The summed E-state index contributed by atoms with van der Waals surface area (Å²) in [7, 11) is -5.93. The van der Waals surface area contributed by atoms with E-state index < -0.39 is 37.6 Å². The van der Waals surface area contributed by atoms with E-state index in [1.165, 1.54) is 0 Å². The number of nitrogens with zero attached hydrogens (tertiary/aromatic N) is 2. The number of nitro benzene ring substituents is 1. The topological polar surface area (TPSA) is 113 Å². The second kappa shape index (κ2) is 4.84. The summed E-state index contributed by atoms with van der Waals surface area (Å²) in [5, 5.41) is 21.5. The van der Waals surface area contributed by atoms with Crippen LogP contribution in [0, 0.1) is 10.1 Å². The second-order valence-corrected chi connectivity index (χ2v) is 4.72. The highest BCUT2D eigenvalue weighted by atomic mass is 32.2. The second-order valence-electron chi connectivity index (χ2n) is 3.12. The van der Waals surface area contributed by atoms with Gasteiger partial charge in [-0.3, -0.25) is 10.1 Å². The molecule has 7 nitrogen and oxygen atoms in total. The third kappa shape index (κ3) is 3.40. The molecule has 0 radical (unpaired) electrons. The number of nitro groups is 1. The monoisotopic (exact) mass is 297 g/mol. The molecule has 0 fully saturated rings. The molecule has 0 heterocycles. The molecule has 0 saturated heterocycles. The predicted octanol–water partition coefficient (Wildman–Crippen LogP) is 0.551. The molecule has 0 saturated carbocycles. The molecule has 0 amide bonds. The lowest BCUT2D eigenvalue weighted by Gasteiger charge is -2.11. The first-order valence-electron chi connectivity index (χ1n) is 4.37. The van der Waals surface area contributed by atoms with Crippen LogP contribution in [-0.2, 0) is 10.0 Å². The van der Waals surface area contributed by atoms with Gasteiger partial charge in [0.15, 0.2) is 0 Å². The van der Waals surface area contributed by atoms with Crippen LogP contribution in [0.25, 0.3) is 0 Å². The Balaban J connectivity index is 3.14. The maximum absolute atomic E-state index is 12.0. The van der Waals surface area contributed by atoms with Gasteiger partial charge in [-0.1, -0.05) is 0 Å². The normalized spacial score (nSPS) is 13.3. The Kier molecular flexibility index (Phi) is 3.79. The Morgan fingerprint density at radius 2 is 1.68 bits per heavy atom. The number of non-ortho nitro benzene ring substituents is 1. The molecule has 0 aromatic heterocycles. The summed E-state index contributed by atoms with van der Waals surface area (Å²) in [5.41, 5.74) is -6.60. The van der Waals surface area contributed by atoms with Gasteiger partial charge in [-0.25, -0.2) is 0 Å². The summed E-state index contributed by atoms with van der Waals surface area (Å²) in [6.07, 6.45) is 0. The average Bonchev–Trinajstić information content (AvgIpc) is 2.27. The van der Waals surface area contributed by atoms with Crippen molar-refractivity contribution in [3.8, 4) is 0 Å². The van der Waals surface area contributed by atoms with Gasteiger partial charge in [-0.15, -0.1) is 0 Å². The van der Waals surface area contributed by atoms with Crippen molar-refractivity contribution in [1.29, 1.82) is 0 Å². The lowest BCUT2D eigenvalue weighted by molar-refractivity contribution is -0.384. The van der Waals surface area contributed by atoms with E-state index in [2.05, 4.69) is 4.40 Å². The van der Waals surface area contributed by atoms with Gasteiger partial charge in [0.05, 0.1) is 4.92 Å². The number of benzene rings is 1. The number of hydrogen-bond acceptors (Lipinski definition) is 5. The minimum absolute atomic E-state index is 0.407. The zero-order valence-corrected chi connectivity index (χ0v) is 9.60. The van der Waals surface area contributed by atoms with Crippen LogP contribution in [-0.4, -0.2) is 24.7 Å². The summed E-state index contributed by atoms with van der Waals surface area (Å²) in [6, 6.07) is 3.28. The van der Waals surface area contributed by atoms with Gasteiger partial charge in [0.25, 0.3) is 5.69 Å². The zero-order valence-electron chi connectivity index (χ0n) is 8.79. The van der Waals surface area contributed by atoms with Crippen LogP contribution in [0.15, 0.2) is 28.7 Å². The lowest BCUT2D eigenvalue weighted by Crippen LogP contribution is -2.27. The van der Waals surface area contributed by atoms with Crippen molar-refractivity contribution in [3.05, 3.63) is 39.9 Å². The highest BCUT2D eigenvalue weighted by molar-refractivity contribution is 7.91. The standard InChI is InChI=1S/C8H5F3N2O5S/c9-8(10,11)19(17,18)12-7(14)5-1-3-6(4-2-5)13(15)16/h1-4H,(H,12,14)/p-1. The van der Waals surface area contributed by atoms with Crippen LogP contribution in [0.1, 0.15) is 5.56 Å². The van der Waals surface area contributed by atoms with E-state index >= 15 is 0 Å².